The SMILES string of the molecule is Cc1ccc(C2=NC(Nc3ccccc3)SC=C2)cc1. The van der Waals surface area contributed by atoms with Crippen molar-refractivity contribution in [3.8, 4) is 0 Å². The third-order valence-electron chi connectivity index (χ3n) is 3.10. The Labute approximate surface area is 123 Å². The van der Waals surface area contributed by atoms with Gasteiger partial charge in [-0.25, -0.2) is 4.99 Å². The van der Waals surface area contributed by atoms with Crippen LogP contribution in [0.25, 0.3) is 0 Å². The van der Waals surface area contributed by atoms with Gasteiger partial charge in [0.1, 0.15) is 0 Å². The van der Waals surface area contributed by atoms with E-state index in [4.69, 9.17) is 4.99 Å². The van der Waals surface area contributed by atoms with Crippen LogP contribution < -0.4 is 5.32 Å². The van der Waals surface area contributed by atoms with Gasteiger partial charge in [0.25, 0.3) is 0 Å². The zero-order valence-corrected chi connectivity index (χ0v) is 12.1. The van der Waals surface area contributed by atoms with Gasteiger partial charge in [0, 0.05) is 5.69 Å². The van der Waals surface area contributed by atoms with Crippen LogP contribution in [0, 0.1) is 6.92 Å². The second-order valence-electron chi connectivity index (χ2n) is 4.68. The van der Waals surface area contributed by atoms with Crippen LogP contribution in [0.15, 0.2) is 71.1 Å². The third kappa shape index (κ3) is 3.11. The van der Waals surface area contributed by atoms with E-state index in [2.05, 4.69) is 60.1 Å². The smallest absolute Gasteiger partial charge is 0.171 e. The van der Waals surface area contributed by atoms with Gasteiger partial charge < -0.3 is 5.32 Å². The number of thioether (sulfide) groups is 1. The lowest BCUT2D eigenvalue weighted by Crippen LogP contribution is -2.17. The zero-order chi connectivity index (χ0) is 13.8. The fourth-order valence-electron chi connectivity index (χ4n) is 2.02. The first-order valence-electron chi connectivity index (χ1n) is 6.60. The Balaban J connectivity index is 1.78. The van der Waals surface area contributed by atoms with Crippen LogP contribution in [-0.2, 0) is 0 Å². The Bertz CT molecular complexity index is 630. The van der Waals surface area contributed by atoms with E-state index in [-0.39, 0.29) is 5.50 Å². The molecule has 0 bridgehead atoms. The van der Waals surface area contributed by atoms with Crippen molar-refractivity contribution >= 4 is 23.2 Å². The molecule has 0 spiro atoms. The summed E-state index contributed by atoms with van der Waals surface area (Å²) in [7, 11) is 0. The predicted octanol–water partition coefficient (Wildman–Crippen LogP) is 4.44. The van der Waals surface area contributed by atoms with E-state index in [0.29, 0.717) is 0 Å². The van der Waals surface area contributed by atoms with Gasteiger partial charge in [-0.15, -0.1) is 0 Å². The normalized spacial score (nSPS) is 17.6. The Kier molecular flexibility index (Phi) is 3.88. The van der Waals surface area contributed by atoms with Gasteiger partial charge in [0.2, 0.25) is 0 Å². The topological polar surface area (TPSA) is 24.4 Å². The molecule has 2 aromatic rings. The minimum absolute atomic E-state index is 0.0266. The minimum atomic E-state index is 0.0266. The highest BCUT2D eigenvalue weighted by atomic mass is 32.2. The first kappa shape index (κ1) is 13.0. The van der Waals surface area contributed by atoms with E-state index in [1.807, 2.05) is 18.2 Å². The van der Waals surface area contributed by atoms with Gasteiger partial charge in [-0.1, -0.05) is 59.8 Å². The maximum absolute atomic E-state index is 4.76. The van der Waals surface area contributed by atoms with E-state index in [1.54, 1.807) is 11.8 Å². The summed E-state index contributed by atoms with van der Waals surface area (Å²) in [6.45, 7) is 2.10. The van der Waals surface area contributed by atoms with E-state index in [1.165, 1.54) is 5.56 Å². The summed E-state index contributed by atoms with van der Waals surface area (Å²) in [5.41, 5.74) is 4.57. The number of nitrogens with zero attached hydrogens (tertiary/aromatic N) is 1. The van der Waals surface area contributed by atoms with Crippen LogP contribution >= 0.6 is 11.8 Å². The van der Waals surface area contributed by atoms with Gasteiger partial charge >= 0.3 is 0 Å². The summed E-state index contributed by atoms with van der Waals surface area (Å²) in [4.78, 5) is 4.76. The van der Waals surface area contributed by atoms with Crippen molar-refractivity contribution in [1.29, 1.82) is 0 Å². The Morgan fingerprint density at radius 1 is 1.00 bits per heavy atom. The molecule has 3 rings (SSSR count). The van der Waals surface area contributed by atoms with Gasteiger partial charge in [-0.05, 0) is 36.1 Å². The lowest BCUT2D eigenvalue weighted by atomic mass is 10.1. The van der Waals surface area contributed by atoms with Gasteiger partial charge in [0.15, 0.2) is 5.50 Å². The van der Waals surface area contributed by atoms with Crippen molar-refractivity contribution in [2.75, 3.05) is 5.32 Å². The molecule has 1 aliphatic rings. The summed E-state index contributed by atoms with van der Waals surface area (Å²) in [5, 5.41) is 5.52. The van der Waals surface area contributed by atoms with Crippen molar-refractivity contribution in [2.45, 2.75) is 12.4 Å². The molecule has 2 nitrogen and oxygen atoms in total. The lowest BCUT2D eigenvalue weighted by molar-refractivity contribution is 1.06. The first-order chi connectivity index (χ1) is 9.81. The largest absolute Gasteiger partial charge is 0.355 e. The summed E-state index contributed by atoms with van der Waals surface area (Å²) >= 11 is 1.68. The molecule has 1 atom stereocenters. The first-order valence-corrected chi connectivity index (χ1v) is 7.54. The average molecular weight is 280 g/mol. The maximum Gasteiger partial charge on any atom is 0.171 e. The minimum Gasteiger partial charge on any atom is -0.355 e. The predicted molar refractivity (Wildman–Crippen MR) is 88.3 cm³/mol. The van der Waals surface area contributed by atoms with Crippen molar-refractivity contribution in [3.05, 3.63) is 77.2 Å². The molecule has 0 saturated carbocycles. The number of allylic oxidation sites excluding steroid dienone is 1. The Morgan fingerprint density at radius 2 is 1.75 bits per heavy atom. The van der Waals surface area contributed by atoms with E-state index in [0.717, 1.165) is 17.0 Å². The van der Waals surface area contributed by atoms with Crippen LogP contribution in [0.5, 0.6) is 0 Å². The van der Waals surface area contributed by atoms with Gasteiger partial charge in [-0.2, -0.15) is 0 Å². The summed E-state index contributed by atoms with van der Waals surface area (Å²) < 4.78 is 0. The maximum atomic E-state index is 4.76. The fraction of sp³-hybridized carbons (Fsp3) is 0.118. The summed E-state index contributed by atoms with van der Waals surface area (Å²) in [5.74, 6) is 0. The molecule has 1 aliphatic heterocycles. The molecular weight excluding hydrogens is 264 g/mol. The van der Waals surface area contributed by atoms with Crippen molar-refractivity contribution in [2.24, 2.45) is 4.99 Å². The zero-order valence-electron chi connectivity index (χ0n) is 11.3. The molecule has 1 N–H and O–H groups in total. The van der Waals surface area contributed by atoms with E-state index >= 15 is 0 Å². The number of aryl methyl sites for hydroxylation is 1. The standard InChI is InChI=1S/C17H16N2S/c1-13-7-9-14(10-8-13)16-11-12-20-17(19-16)18-15-5-3-2-4-6-15/h2-12,17-18H,1H3. The third-order valence-corrected chi connectivity index (χ3v) is 3.88. The molecule has 1 heterocycles. The molecule has 0 amide bonds. The molecule has 0 radical (unpaired) electrons. The summed E-state index contributed by atoms with van der Waals surface area (Å²) in [6.07, 6.45) is 2.07. The second kappa shape index (κ2) is 5.97. The molecule has 0 fully saturated rings. The quantitative estimate of drug-likeness (QED) is 0.898. The number of nitrogens with one attached hydrogen (secondary N) is 1. The van der Waals surface area contributed by atoms with E-state index in [9.17, 15) is 0 Å². The van der Waals surface area contributed by atoms with Crippen LogP contribution in [0.2, 0.25) is 0 Å². The number of rotatable bonds is 3. The van der Waals surface area contributed by atoms with Crippen molar-refractivity contribution < 1.29 is 0 Å². The number of hydrogen-bond donors (Lipinski definition) is 1. The number of hydrogen-bond acceptors (Lipinski definition) is 3. The number of aliphatic imine (C=N–C) groups is 1. The monoisotopic (exact) mass is 280 g/mol. The molecule has 100 valence electrons. The van der Waals surface area contributed by atoms with E-state index < -0.39 is 0 Å². The Hall–Kier alpha value is -2.00. The molecule has 3 heteroatoms. The van der Waals surface area contributed by atoms with Gasteiger partial charge in [-0.3, -0.25) is 0 Å². The molecular formula is C17H16N2S. The fourth-order valence-corrected chi connectivity index (χ4v) is 2.75. The van der Waals surface area contributed by atoms with Crippen LogP contribution in [-0.4, -0.2) is 11.2 Å². The van der Waals surface area contributed by atoms with Crippen molar-refractivity contribution in [3.63, 3.8) is 0 Å². The molecule has 2 aromatic carbocycles. The Morgan fingerprint density at radius 3 is 2.50 bits per heavy atom. The number of anilines is 1. The average Bonchev–Trinajstić information content (AvgIpc) is 2.49. The molecule has 0 aromatic heterocycles. The molecule has 0 saturated heterocycles. The van der Waals surface area contributed by atoms with Crippen LogP contribution in [0.3, 0.4) is 0 Å². The number of benzene rings is 2. The highest BCUT2D eigenvalue weighted by molar-refractivity contribution is 8.02. The van der Waals surface area contributed by atoms with Crippen LogP contribution in [0.4, 0.5) is 5.69 Å². The molecule has 20 heavy (non-hydrogen) atoms. The molecule has 0 aliphatic carbocycles. The lowest BCUT2D eigenvalue weighted by Gasteiger charge is -2.18. The second-order valence-corrected chi connectivity index (χ2v) is 5.67. The van der Waals surface area contributed by atoms with Crippen molar-refractivity contribution in [1.82, 2.24) is 0 Å². The molecule has 1 unspecified atom stereocenters. The highest BCUT2D eigenvalue weighted by Crippen LogP contribution is 2.23. The number of para-hydroxylation sites is 1. The van der Waals surface area contributed by atoms with Crippen LogP contribution in [0.1, 0.15) is 11.1 Å². The summed E-state index contributed by atoms with van der Waals surface area (Å²) in [6, 6.07) is 18.6. The highest BCUT2D eigenvalue weighted by Gasteiger charge is 2.12. The van der Waals surface area contributed by atoms with Gasteiger partial charge in [0.05, 0.1) is 5.71 Å².